The summed E-state index contributed by atoms with van der Waals surface area (Å²) >= 11 is 3.51. The van der Waals surface area contributed by atoms with Gasteiger partial charge in [0.05, 0.1) is 10.8 Å². The van der Waals surface area contributed by atoms with Gasteiger partial charge < -0.3 is 4.90 Å². The Morgan fingerprint density at radius 2 is 1.77 bits per heavy atom. The van der Waals surface area contributed by atoms with Crippen LogP contribution in [0.4, 0.5) is 5.69 Å². The molecule has 166 valence electrons. The first-order chi connectivity index (χ1) is 14.6. The van der Waals surface area contributed by atoms with Crippen LogP contribution in [0.2, 0.25) is 0 Å². The topological polar surface area (TPSA) is 57.7 Å². The van der Waals surface area contributed by atoms with E-state index in [-0.39, 0.29) is 24.4 Å². The zero-order chi connectivity index (χ0) is 22.5. The molecule has 1 saturated heterocycles. The van der Waals surface area contributed by atoms with Crippen LogP contribution >= 0.6 is 15.9 Å². The van der Waals surface area contributed by atoms with Crippen LogP contribution in [0, 0.1) is 26.7 Å². The van der Waals surface area contributed by atoms with Crippen molar-refractivity contribution in [1.29, 1.82) is 0 Å². The van der Waals surface area contributed by atoms with Crippen LogP contribution in [0.5, 0.6) is 0 Å². The van der Waals surface area contributed by atoms with E-state index >= 15 is 0 Å². The van der Waals surface area contributed by atoms with Gasteiger partial charge in [-0.25, -0.2) is 8.42 Å². The zero-order valence-corrected chi connectivity index (χ0v) is 20.9. The molecule has 2 unspecified atom stereocenters. The summed E-state index contributed by atoms with van der Waals surface area (Å²) in [7, 11) is -3.65. The molecular formula is C24H29BrN2O3S. The maximum absolute atomic E-state index is 13.5. The van der Waals surface area contributed by atoms with Crippen LogP contribution in [0.15, 0.2) is 39.7 Å². The molecule has 2 aromatic rings. The summed E-state index contributed by atoms with van der Waals surface area (Å²) in [5.41, 5.74) is 4.68. The first kappa shape index (κ1) is 22.5. The molecule has 7 heteroatoms. The SMILES string of the molecule is Cc1cc(C)c(S(=O)(=O)N2CCCC(C(=O)N3c4ccc(Br)cc4CC3C)C2)c(C)c1. The number of hydrogen-bond acceptors (Lipinski definition) is 3. The number of amides is 1. The molecule has 2 aromatic carbocycles. The molecule has 31 heavy (non-hydrogen) atoms. The Morgan fingerprint density at radius 1 is 1.10 bits per heavy atom. The number of aryl methyl sites for hydroxylation is 3. The third kappa shape index (κ3) is 4.08. The van der Waals surface area contributed by atoms with Crippen molar-refractivity contribution in [2.24, 2.45) is 5.92 Å². The molecule has 2 atom stereocenters. The number of carbonyl (C=O) groups is 1. The van der Waals surface area contributed by atoms with Crippen molar-refractivity contribution in [2.45, 2.75) is 57.9 Å². The Labute approximate surface area is 193 Å². The third-order valence-electron chi connectivity index (χ3n) is 6.43. The van der Waals surface area contributed by atoms with Gasteiger partial charge in [-0.2, -0.15) is 4.31 Å². The lowest BCUT2D eigenvalue weighted by atomic mass is 9.97. The summed E-state index contributed by atoms with van der Waals surface area (Å²) in [4.78, 5) is 15.8. The number of nitrogens with zero attached hydrogens (tertiary/aromatic N) is 2. The number of fused-ring (bicyclic) bond motifs is 1. The fourth-order valence-electron chi connectivity index (χ4n) is 5.20. The summed E-state index contributed by atoms with van der Waals surface area (Å²) in [5.74, 6) is -0.294. The monoisotopic (exact) mass is 504 g/mol. The minimum Gasteiger partial charge on any atom is -0.309 e. The molecule has 4 rings (SSSR count). The van der Waals surface area contributed by atoms with Crippen LogP contribution in [-0.2, 0) is 21.2 Å². The molecule has 0 spiro atoms. The number of carbonyl (C=O) groups excluding carboxylic acids is 1. The molecule has 1 amide bonds. The standard InChI is InChI=1S/C24H29BrN2O3S/c1-15-10-16(2)23(17(3)11-15)31(29,30)26-9-5-6-19(14-26)24(28)27-18(4)12-20-13-21(25)7-8-22(20)27/h7-8,10-11,13,18-19H,5-6,9,12,14H2,1-4H3. The van der Waals surface area contributed by atoms with Gasteiger partial charge in [0.15, 0.2) is 0 Å². The molecule has 0 aliphatic carbocycles. The summed E-state index contributed by atoms with van der Waals surface area (Å²) in [6.07, 6.45) is 2.22. The van der Waals surface area contributed by atoms with Crippen LogP contribution < -0.4 is 4.90 Å². The van der Waals surface area contributed by atoms with Crippen molar-refractivity contribution >= 4 is 37.5 Å². The highest BCUT2D eigenvalue weighted by atomic mass is 79.9. The van der Waals surface area contributed by atoms with Gasteiger partial charge in [0.2, 0.25) is 15.9 Å². The number of piperidine rings is 1. The Balaban J connectivity index is 1.60. The van der Waals surface area contributed by atoms with Crippen molar-refractivity contribution < 1.29 is 13.2 Å². The summed E-state index contributed by atoms with van der Waals surface area (Å²) in [6.45, 7) is 8.42. The predicted molar refractivity (Wildman–Crippen MR) is 127 cm³/mol. The Kier molecular flexibility index (Phi) is 6.05. The zero-order valence-electron chi connectivity index (χ0n) is 18.5. The van der Waals surface area contributed by atoms with Crippen molar-refractivity contribution in [3.63, 3.8) is 0 Å². The molecule has 1 fully saturated rings. The van der Waals surface area contributed by atoms with Gasteiger partial charge in [-0.15, -0.1) is 0 Å². The number of anilines is 1. The number of benzene rings is 2. The van der Waals surface area contributed by atoms with E-state index in [1.54, 1.807) is 0 Å². The maximum Gasteiger partial charge on any atom is 0.243 e. The molecule has 0 aromatic heterocycles. The Morgan fingerprint density at radius 3 is 2.45 bits per heavy atom. The summed E-state index contributed by atoms with van der Waals surface area (Å²) in [5, 5.41) is 0. The van der Waals surface area contributed by atoms with Crippen molar-refractivity contribution in [3.8, 4) is 0 Å². The van der Waals surface area contributed by atoms with E-state index in [0.29, 0.717) is 24.3 Å². The quantitative estimate of drug-likeness (QED) is 0.605. The van der Waals surface area contributed by atoms with E-state index in [1.165, 1.54) is 4.31 Å². The lowest BCUT2D eigenvalue weighted by Crippen LogP contribution is -2.48. The van der Waals surface area contributed by atoms with E-state index in [0.717, 1.165) is 38.8 Å². The average molecular weight is 505 g/mol. The summed E-state index contributed by atoms with van der Waals surface area (Å²) < 4.78 is 29.6. The predicted octanol–water partition coefficient (Wildman–Crippen LogP) is 4.75. The molecule has 5 nitrogen and oxygen atoms in total. The summed E-state index contributed by atoms with van der Waals surface area (Å²) in [6, 6.07) is 9.90. The number of rotatable bonds is 3. The molecule has 0 radical (unpaired) electrons. The van der Waals surface area contributed by atoms with Crippen molar-refractivity contribution in [2.75, 3.05) is 18.0 Å². The highest BCUT2D eigenvalue weighted by Crippen LogP contribution is 2.37. The highest BCUT2D eigenvalue weighted by Gasteiger charge is 2.39. The second-order valence-corrected chi connectivity index (χ2v) is 11.8. The largest absolute Gasteiger partial charge is 0.309 e. The Hall–Kier alpha value is -1.70. The van der Waals surface area contributed by atoms with E-state index in [1.807, 2.05) is 49.9 Å². The smallest absolute Gasteiger partial charge is 0.243 e. The van der Waals surface area contributed by atoms with Gasteiger partial charge in [0.1, 0.15) is 0 Å². The minimum absolute atomic E-state index is 0.0332. The van der Waals surface area contributed by atoms with E-state index in [4.69, 9.17) is 0 Å². The maximum atomic E-state index is 13.5. The van der Waals surface area contributed by atoms with Crippen molar-refractivity contribution in [1.82, 2.24) is 4.31 Å². The van der Waals surface area contributed by atoms with Gasteiger partial charge in [-0.3, -0.25) is 4.79 Å². The van der Waals surface area contributed by atoms with Gasteiger partial charge >= 0.3 is 0 Å². The highest BCUT2D eigenvalue weighted by molar-refractivity contribution is 9.10. The molecule has 0 bridgehead atoms. The first-order valence-electron chi connectivity index (χ1n) is 10.8. The van der Waals surface area contributed by atoms with E-state index in [2.05, 4.69) is 28.9 Å². The first-order valence-corrected chi connectivity index (χ1v) is 13.0. The molecule has 2 aliphatic heterocycles. The van der Waals surface area contributed by atoms with Crippen molar-refractivity contribution in [3.05, 3.63) is 57.1 Å². The minimum atomic E-state index is -3.65. The second-order valence-electron chi connectivity index (χ2n) is 8.96. The fourth-order valence-corrected chi connectivity index (χ4v) is 7.54. The molecule has 0 N–H and O–H groups in total. The van der Waals surface area contributed by atoms with Crippen LogP contribution in [-0.4, -0.2) is 37.8 Å². The molecule has 2 aliphatic rings. The van der Waals surface area contributed by atoms with Gasteiger partial charge in [0, 0.05) is 29.3 Å². The average Bonchev–Trinajstić information content (AvgIpc) is 3.01. The second kappa shape index (κ2) is 8.34. The fraction of sp³-hybridized carbons (Fsp3) is 0.458. The lowest BCUT2D eigenvalue weighted by Gasteiger charge is -2.35. The van der Waals surface area contributed by atoms with Gasteiger partial charge in [-0.05, 0) is 81.8 Å². The lowest BCUT2D eigenvalue weighted by molar-refractivity contribution is -0.123. The van der Waals surface area contributed by atoms with Gasteiger partial charge in [0.25, 0.3) is 0 Å². The normalized spacial score (nSPS) is 21.9. The number of halogens is 1. The van der Waals surface area contributed by atoms with E-state index < -0.39 is 10.0 Å². The molecular weight excluding hydrogens is 476 g/mol. The van der Waals surface area contributed by atoms with Crippen LogP contribution in [0.25, 0.3) is 0 Å². The van der Waals surface area contributed by atoms with Crippen LogP contribution in [0.1, 0.15) is 42.0 Å². The number of sulfonamides is 1. The van der Waals surface area contributed by atoms with Gasteiger partial charge in [-0.1, -0.05) is 33.6 Å². The molecule has 2 heterocycles. The number of hydrogen-bond donors (Lipinski definition) is 0. The van der Waals surface area contributed by atoms with Crippen LogP contribution in [0.3, 0.4) is 0 Å². The molecule has 0 saturated carbocycles. The van der Waals surface area contributed by atoms with E-state index in [9.17, 15) is 13.2 Å². The Bertz CT molecular complexity index is 1120. The third-order valence-corrected chi connectivity index (χ3v) is 9.10.